The maximum atomic E-state index is 12.7. The summed E-state index contributed by atoms with van der Waals surface area (Å²) in [6, 6.07) is 13.2. The van der Waals surface area contributed by atoms with Gasteiger partial charge in [0.25, 0.3) is 10.0 Å². The number of nitrogens with one attached hydrogen (secondary N) is 1. The Balaban J connectivity index is 2.42. The fourth-order valence-corrected chi connectivity index (χ4v) is 3.24. The summed E-state index contributed by atoms with van der Waals surface area (Å²) in [7, 11) is -0.660. The highest BCUT2D eigenvalue weighted by Gasteiger charge is 2.24. The quantitative estimate of drug-likeness (QED) is 0.650. The summed E-state index contributed by atoms with van der Waals surface area (Å²) >= 11 is 0. The second-order valence-electron chi connectivity index (χ2n) is 4.31. The Hall–Kier alpha value is -2.25. The van der Waals surface area contributed by atoms with E-state index in [0.717, 1.165) is 0 Å². The molecule has 0 spiro atoms. The molecule has 0 aromatic heterocycles. The van der Waals surface area contributed by atoms with Crippen molar-refractivity contribution in [2.24, 2.45) is 5.84 Å². The molecular weight excluding hydrogens is 290 g/mol. The minimum Gasteiger partial charge on any atom is -0.497 e. The number of methoxy groups -OCH3 is 1. The van der Waals surface area contributed by atoms with Gasteiger partial charge in [-0.15, -0.1) is 0 Å². The van der Waals surface area contributed by atoms with Crippen LogP contribution in [0.4, 0.5) is 11.4 Å². The number of rotatable bonds is 5. The van der Waals surface area contributed by atoms with Crippen LogP contribution >= 0.6 is 0 Å². The first-order valence-corrected chi connectivity index (χ1v) is 7.63. The Morgan fingerprint density at radius 1 is 1.10 bits per heavy atom. The monoisotopic (exact) mass is 307 g/mol. The smallest absolute Gasteiger partial charge is 0.266 e. The summed E-state index contributed by atoms with van der Waals surface area (Å²) in [4.78, 5) is 0.116. The number of nitrogens with two attached hydrogens (primary N) is 1. The standard InChI is InChI=1S/C14H17N3O3S/c1-17(11-7-9-12(20-2)10-8-11)21(18,19)14-6-4-3-5-13(14)16-15/h3-10,16H,15H2,1-2H3. The molecule has 0 saturated carbocycles. The van der Waals surface area contributed by atoms with E-state index < -0.39 is 10.0 Å². The molecule has 0 radical (unpaired) electrons. The Labute approximate surface area is 124 Å². The second kappa shape index (κ2) is 6.02. The van der Waals surface area contributed by atoms with Crippen LogP contribution in [0.1, 0.15) is 0 Å². The molecule has 0 amide bonds. The first-order valence-electron chi connectivity index (χ1n) is 6.19. The highest BCUT2D eigenvalue weighted by molar-refractivity contribution is 7.93. The van der Waals surface area contributed by atoms with Crippen LogP contribution in [0.2, 0.25) is 0 Å². The number of nitrogen functional groups attached to an aromatic ring is 1. The first-order chi connectivity index (χ1) is 10.0. The van der Waals surface area contributed by atoms with E-state index in [1.54, 1.807) is 49.6 Å². The molecule has 2 aromatic carbocycles. The summed E-state index contributed by atoms with van der Waals surface area (Å²) in [5, 5.41) is 0. The zero-order valence-electron chi connectivity index (χ0n) is 11.8. The normalized spacial score (nSPS) is 11.0. The van der Waals surface area contributed by atoms with Gasteiger partial charge in [-0.2, -0.15) is 0 Å². The van der Waals surface area contributed by atoms with E-state index in [9.17, 15) is 8.42 Å². The molecule has 21 heavy (non-hydrogen) atoms. The third-order valence-corrected chi connectivity index (χ3v) is 4.96. The summed E-state index contributed by atoms with van der Waals surface area (Å²) in [6.07, 6.45) is 0. The SMILES string of the molecule is COc1ccc(N(C)S(=O)(=O)c2ccccc2NN)cc1. The van der Waals surface area contributed by atoms with Gasteiger partial charge in [0.2, 0.25) is 0 Å². The number of sulfonamides is 1. The van der Waals surface area contributed by atoms with Crippen molar-refractivity contribution in [2.45, 2.75) is 4.90 Å². The molecule has 0 fully saturated rings. The zero-order chi connectivity index (χ0) is 15.5. The van der Waals surface area contributed by atoms with E-state index in [1.807, 2.05) is 0 Å². The molecular formula is C14H17N3O3S. The molecule has 6 nitrogen and oxygen atoms in total. The van der Waals surface area contributed by atoms with Crippen LogP contribution in [-0.4, -0.2) is 22.6 Å². The van der Waals surface area contributed by atoms with Gasteiger partial charge in [0.15, 0.2) is 0 Å². The second-order valence-corrected chi connectivity index (χ2v) is 6.25. The number of hydrazine groups is 1. The zero-order valence-corrected chi connectivity index (χ0v) is 12.6. The summed E-state index contributed by atoms with van der Waals surface area (Å²) in [5.74, 6) is 6.04. The average molecular weight is 307 g/mol. The molecule has 2 rings (SSSR count). The van der Waals surface area contributed by atoms with Gasteiger partial charge in [-0.1, -0.05) is 12.1 Å². The van der Waals surface area contributed by atoms with Gasteiger partial charge < -0.3 is 10.2 Å². The number of nitrogens with zero attached hydrogens (tertiary/aromatic N) is 1. The van der Waals surface area contributed by atoms with E-state index >= 15 is 0 Å². The minimum absolute atomic E-state index is 0.116. The number of benzene rings is 2. The highest BCUT2D eigenvalue weighted by atomic mass is 32.2. The summed E-state index contributed by atoms with van der Waals surface area (Å²) in [6.45, 7) is 0. The molecule has 0 aliphatic rings. The highest BCUT2D eigenvalue weighted by Crippen LogP contribution is 2.27. The molecule has 0 aliphatic heterocycles. The molecule has 112 valence electrons. The molecule has 2 aromatic rings. The fraction of sp³-hybridized carbons (Fsp3) is 0.143. The van der Waals surface area contributed by atoms with Crippen LogP contribution in [0.15, 0.2) is 53.4 Å². The van der Waals surface area contributed by atoms with Crippen molar-refractivity contribution < 1.29 is 13.2 Å². The molecule has 3 N–H and O–H groups in total. The van der Waals surface area contributed by atoms with Gasteiger partial charge in [0.1, 0.15) is 10.6 Å². The van der Waals surface area contributed by atoms with Gasteiger partial charge in [-0.25, -0.2) is 8.42 Å². The van der Waals surface area contributed by atoms with Crippen LogP contribution < -0.4 is 20.3 Å². The topological polar surface area (TPSA) is 84.7 Å². The Kier molecular flexibility index (Phi) is 4.35. The summed E-state index contributed by atoms with van der Waals surface area (Å²) < 4.78 is 31.6. The van der Waals surface area contributed by atoms with Crippen LogP contribution in [-0.2, 0) is 10.0 Å². The molecule has 0 saturated heterocycles. The largest absolute Gasteiger partial charge is 0.497 e. The van der Waals surface area contributed by atoms with Crippen LogP contribution in [0, 0.1) is 0 Å². The maximum Gasteiger partial charge on any atom is 0.266 e. The lowest BCUT2D eigenvalue weighted by Gasteiger charge is -2.21. The van der Waals surface area contributed by atoms with Crippen molar-refractivity contribution in [2.75, 3.05) is 23.9 Å². The van der Waals surface area contributed by atoms with Crippen molar-refractivity contribution >= 4 is 21.4 Å². The number of anilines is 2. The number of para-hydroxylation sites is 1. The average Bonchev–Trinajstić information content (AvgIpc) is 2.54. The first kappa shape index (κ1) is 15.1. The molecule has 0 bridgehead atoms. The molecule has 0 atom stereocenters. The van der Waals surface area contributed by atoms with E-state index in [1.165, 1.54) is 17.4 Å². The van der Waals surface area contributed by atoms with Crippen molar-refractivity contribution in [3.8, 4) is 5.75 Å². The fourth-order valence-electron chi connectivity index (χ4n) is 1.89. The van der Waals surface area contributed by atoms with E-state index in [4.69, 9.17) is 10.6 Å². The number of ether oxygens (including phenoxy) is 1. The van der Waals surface area contributed by atoms with Gasteiger partial charge in [0, 0.05) is 7.05 Å². The van der Waals surface area contributed by atoms with Crippen LogP contribution in [0.25, 0.3) is 0 Å². The van der Waals surface area contributed by atoms with Gasteiger partial charge in [-0.3, -0.25) is 10.1 Å². The lowest BCUT2D eigenvalue weighted by atomic mass is 10.3. The van der Waals surface area contributed by atoms with Gasteiger partial charge in [0.05, 0.1) is 18.5 Å². The van der Waals surface area contributed by atoms with E-state index in [2.05, 4.69) is 5.43 Å². The number of hydrogen-bond donors (Lipinski definition) is 2. The van der Waals surface area contributed by atoms with Crippen molar-refractivity contribution in [1.82, 2.24) is 0 Å². The van der Waals surface area contributed by atoms with Crippen LogP contribution in [0.3, 0.4) is 0 Å². The van der Waals surface area contributed by atoms with Crippen molar-refractivity contribution in [1.29, 1.82) is 0 Å². The number of hydrogen-bond acceptors (Lipinski definition) is 5. The molecule has 0 aliphatic carbocycles. The summed E-state index contributed by atoms with van der Waals surface area (Å²) in [5.41, 5.74) is 3.28. The Morgan fingerprint density at radius 3 is 2.29 bits per heavy atom. The van der Waals surface area contributed by atoms with E-state index in [-0.39, 0.29) is 4.90 Å². The third-order valence-electron chi connectivity index (χ3n) is 3.12. The predicted octanol–water partition coefficient (Wildman–Crippen LogP) is 1.81. The van der Waals surface area contributed by atoms with Crippen LogP contribution in [0.5, 0.6) is 5.75 Å². The minimum atomic E-state index is -3.70. The molecule has 0 heterocycles. The van der Waals surface area contributed by atoms with Crippen molar-refractivity contribution in [3.05, 3.63) is 48.5 Å². The lowest BCUT2D eigenvalue weighted by molar-refractivity contribution is 0.415. The Morgan fingerprint density at radius 2 is 1.71 bits per heavy atom. The van der Waals surface area contributed by atoms with E-state index in [0.29, 0.717) is 17.1 Å². The molecule has 0 unspecified atom stereocenters. The molecule has 7 heteroatoms. The predicted molar refractivity (Wildman–Crippen MR) is 82.8 cm³/mol. The Bertz CT molecular complexity index is 714. The lowest BCUT2D eigenvalue weighted by Crippen LogP contribution is -2.27. The maximum absolute atomic E-state index is 12.7. The van der Waals surface area contributed by atoms with Crippen molar-refractivity contribution in [3.63, 3.8) is 0 Å². The van der Waals surface area contributed by atoms with Gasteiger partial charge >= 0.3 is 0 Å². The van der Waals surface area contributed by atoms with Gasteiger partial charge in [-0.05, 0) is 36.4 Å². The third kappa shape index (κ3) is 2.93.